The average molecular weight is 266 g/mol. The molecule has 2 heterocycles. The van der Waals surface area contributed by atoms with Crippen molar-refractivity contribution in [2.75, 3.05) is 13.1 Å². The van der Waals surface area contributed by atoms with Gasteiger partial charge in [-0.15, -0.1) is 0 Å². The van der Waals surface area contributed by atoms with Gasteiger partial charge in [-0.2, -0.15) is 0 Å². The first-order valence-corrected chi connectivity index (χ1v) is 6.83. The van der Waals surface area contributed by atoms with Gasteiger partial charge in [-0.1, -0.05) is 6.42 Å². The maximum Gasteiger partial charge on any atom is 0.410 e. The first-order chi connectivity index (χ1) is 8.96. The maximum absolute atomic E-state index is 12.1. The zero-order valence-electron chi connectivity index (χ0n) is 11.9. The Morgan fingerprint density at radius 3 is 2.89 bits per heavy atom. The molecule has 0 aliphatic carbocycles. The summed E-state index contributed by atoms with van der Waals surface area (Å²) in [5.41, 5.74) is -0.457. The summed E-state index contributed by atoms with van der Waals surface area (Å²) in [6.07, 6.45) is 6.06. The smallest absolute Gasteiger partial charge is 0.410 e. The molecule has 1 atom stereocenters. The molecule has 1 aliphatic heterocycles. The molecule has 1 amide bonds. The molecule has 0 aromatic carbocycles. The quantitative estimate of drug-likeness (QED) is 0.783. The fourth-order valence-electron chi connectivity index (χ4n) is 2.27. The van der Waals surface area contributed by atoms with Crippen LogP contribution in [0.3, 0.4) is 0 Å². The average Bonchev–Trinajstić information content (AvgIpc) is 2.71. The Balaban J connectivity index is 2.02. The summed E-state index contributed by atoms with van der Waals surface area (Å²) < 4.78 is 10.8. The number of oxazole rings is 1. The van der Waals surface area contributed by atoms with Crippen LogP contribution in [-0.4, -0.2) is 34.7 Å². The molecule has 19 heavy (non-hydrogen) atoms. The zero-order chi connectivity index (χ0) is 13.9. The minimum absolute atomic E-state index is 0.171. The lowest BCUT2D eigenvalue weighted by Crippen LogP contribution is -2.38. The van der Waals surface area contributed by atoms with E-state index < -0.39 is 5.60 Å². The van der Waals surface area contributed by atoms with E-state index in [4.69, 9.17) is 9.15 Å². The van der Waals surface area contributed by atoms with Crippen LogP contribution < -0.4 is 0 Å². The van der Waals surface area contributed by atoms with Crippen molar-refractivity contribution < 1.29 is 13.9 Å². The molecule has 0 saturated carbocycles. The second kappa shape index (κ2) is 5.63. The van der Waals surface area contributed by atoms with Crippen molar-refractivity contribution in [2.45, 2.75) is 51.6 Å². The lowest BCUT2D eigenvalue weighted by Gasteiger charge is -2.27. The highest BCUT2D eigenvalue weighted by Crippen LogP contribution is 2.26. The fraction of sp³-hybridized carbons (Fsp3) is 0.714. The SMILES string of the molecule is CC(C)(C)OC(=O)N1CCCC[C@H](c2ncco2)C1. The Hall–Kier alpha value is -1.52. The van der Waals surface area contributed by atoms with Crippen LogP contribution in [0.2, 0.25) is 0 Å². The Morgan fingerprint density at radius 1 is 1.47 bits per heavy atom. The van der Waals surface area contributed by atoms with Crippen molar-refractivity contribution in [3.8, 4) is 0 Å². The standard InChI is InChI=1S/C14H22N2O3/c1-14(2,3)19-13(17)16-8-5-4-6-11(10-16)12-15-7-9-18-12/h7,9,11H,4-6,8,10H2,1-3H3/t11-/m0/s1. The molecule has 5 nitrogen and oxygen atoms in total. The summed E-state index contributed by atoms with van der Waals surface area (Å²) in [5, 5.41) is 0. The van der Waals surface area contributed by atoms with E-state index in [0.29, 0.717) is 6.54 Å². The number of aromatic nitrogens is 1. The normalized spacial score (nSPS) is 21.0. The molecular weight excluding hydrogens is 244 g/mol. The third kappa shape index (κ3) is 3.98. The molecule has 0 spiro atoms. The molecule has 0 N–H and O–H groups in total. The van der Waals surface area contributed by atoms with Crippen molar-refractivity contribution in [2.24, 2.45) is 0 Å². The van der Waals surface area contributed by atoms with E-state index in [0.717, 1.165) is 31.7 Å². The predicted octanol–water partition coefficient (Wildman–Crippen LogP) is 3.18. The van der Waals surface area contributed by atoms with Gasteiger partial charge in [-0.25, -0.2) is 9.78 Å². The first-order valence-electron chi connectivity index (χ1n) is 6.83. The van der Waals surface area contributed by atoms with Crippen molar-refractivity contribution in [1.82, 2.24) is 9.88 Å². The van der Waals surface area contributed by atoms with E-state index >= 15 is 0 Å². The van der Waals surface area contributed by atoms with E-state index in [1.165, 1.54) is 0 Å². The van der Waals surface area contributed by atoms with Gasteiger partial charge in [0.25, 0.3) is 0 Å². The number of carbonyl (C=O) groups is 1. The van der Waals surface area contributed by atoms with E-state index in [9.17, 15) is 4.79 Å². The Labute approximate surface area is 113 Å². The van der Waals surface area contributed by atoms with Gasteiger partial charge in [0.05, 0.1) is 12.1 Å². The van der Waals surface area contributed by atoms with E-state index in [1.807, 2.05) is 20.8 Å². The predicted molar refractivity (Wildman–Crippen MR) is 70.9 cm³/mol. The number of hydrogen-bond acceptors (Lipinski definition) is 4. The van der Waals surface area contributed by atoms with Crippen molar-refractivity contribution in [3.63, 3.8) is 0 Å². The number of nitrogens with zero attached hydrogens (tertiary/aromatic N) is 2. The molecule has 0 unspecified atom stereocenters. The number of carbonyl (C=O) groups excluding carboxylic acids is 1. The Morgan fingerprint density at radius 2 is 2.26 bits per heavy atom. The van der Waals surface area contributed by atoms with Crippen molar-refractivity contribution in [1.29, 1.82) is 0 Å². The molecule has 1 aromatic rings. The third-order valence-electron chi connectivity index (χ3n) is 3.12. The monoisotopic (exact) mass is 266 g/mol. The zero-order valence-corrected chi connectivity index (χ0v) is 11.9. The summed E-state index contributed by atoms with van der Waals surface area (Å²) in [7, 11) is 0. The first kappa shape index (κ1) is 13.9. The van der Waals surface area contributed by atoms with Crippen molar-refractivity contribution in [3.05, 3.63) is 18.4 Å². The highest BCUT2D eigenvalue weighted by atomic mass is 16.6. The van der Waals surface area contributed by atoms with Crippen molar-refractivity contribution >= 4 is 6.09 Å². The van der Waals surface area contributed by atoms with Gasteiger partial charge in [-0.3, -0.25) is 0 Å². The molecule has 1 aromatic heterocycles. The lowest BCUT2D eigenvalue weighted by molar-refractivity contribution is 0.0245. The molecular formula is C14H22N2O3. The summed E-state index contributed by atoms with van der Waals surface area (Å²) in [5.74, 6) is 0.889. The van der Waals surface area contributed by atoms with Gasteiger partial charge in [0.1, 0.15) is 11.9 Å². The minimum atomic E-state index is -0.457. The van der Waals surface area contributed by atoms with Gasteiger partial charge in [0, 0.05) is 13.1 Å². The molecule has 0 bridgehead atoms. The lowest BCUT2D eigenvalue weighted by atomic mass is 10.0. The number of ether oxygens (including phenoxy) is 1. The van der Waals surface area contributed by atoms with E-state index in [2.05, 4.69) is 4.98 Å². The third-order valence-corrected chi connectivity index (χ3v) is 3.12. The number of amides is 1. The number of likely N-dealkylation sites (tertiary alicyclic amines) is 1. The molecule has 1 fully saturated rings. The second-order valence-corrected chi connectivity index (χ2v) is 5.99. The van der Waals surface area contributed by atoms with Crippen LogP contribution in [0.5, 0.6) is 0 Å². The summed E-state index contributed by atoms with van der Waals surface area (Å²) in [6, 6.07) is 0. The van der Waals surface area contributed by atoms with Crippen LogP contribution in [-0.2, 0) is 4.74 Å². The van der Waals surface area contributed by atoms with Crippen LogP contribution in [0.25, 0.3) is 0 Å². The highest BCUT2D eigenvalue weighted by Gasteiger charge is 2.28. The van der Waals surface area contributed by atoms with Gasteiger partial charge >= 0.3 is 6.09 Å². The van der Waals surface area contributed by atoms with Crippen LogP contribution in [0.1, 0.15) is 51.8 Å². The van der Waals surface area contributed by atoms with Gasteiger partial charge in [0.2, 0.25) is 0 Å². The van der Waals surface area contributed by atoms with Gasteiger partial charge in [0.15, 0.2) is 5.89 Å². The molecule has 2 rings (SSSR count). The fourth-order valence-corrected chi connectivity index (χ4v) is 2.27. The van der Waals surface area contributed by atoms with Crippen LogP contribution in [0, 0.1) is 0 Å². The molecule has 0 radical (unpaired) electrons. The van der Waals surface area contributed by atoms with E-state index in [1.54, 1.807) is 17.4 Å². The summed E-state index contributed by atoms with van der Waals surface area (Å²) >= 11 is 0. The number of hydrogen-bond donors (Lipinski definition) is 0. The highest BCUT2D eigenvalue weighted by molar-refractivity contribution is 5.68. The molecule has 106 valence electrons. The summed E-state index contributed by atoms with van der Waals surface area (Å²) in [4.78, 5) is 18.1. The van der Waals surface area contributed by atoms with E-state index in [-0.39, 0.29) is 12.0 Å². The van der Waals surface area contributed by atoms with Gasteiger partial charge in [-0.05, 0) is 33.6 Å². The Kier molecular flexibility index (Phi) is 4.12. The van der Waals surface area contributed by atoms with Crippen LogP contribution in [0.4, 0.5) is 4.79 Å². The number of rotatable bonds is 1. The van der Waals surface area contributed by atoms with Crippen LogP contribution >= 0.6 is 0 Å². The van der Waals surface area contributed by atoms with Crippen LogP contribution in [0.15, 0.2) is 16.9 Å². The van der Waals surface area contributed by atoms with Gasteiger partial charge < -0.3 is 14.1 Å². The molecule has 1 aliphatic rings. The second-order valence-electron chi connectivity index (χ2n) is 5.99. The molecule has 5 heteroatoms. The summed E-state index contributed by atoms with van der Waals surface area (Å²) in [6.45, 7) is 7.01. The largest absolute Gasteiger partial charge is 0.449 e. The topological polar surface area (TPSA) is 55.6 Å². The maximum atomic E-state index is 12.1. The molecule has 1 saturated heterocycles. The minimum Gasteiger partial charge on any atom is -0.449 e. The Bertz CT molecular complexity index is 409.